The molecule has 0 saturated carbocycles. The highest BCUT2D eigenvalue weighted by Crippen LogP contribution is 2.17. The quantitative estimate of drug-likeness (QED) is 0.900. The van der Waals surface area contributed by atoms with Crippen LogP contribution in [-0.2, 0) is 0 Å². The molecular formula is C13H13ClN4O. The Morgan fingerprint density at radius 1 is 1.32 bits per heavy atom. The zero-order chi connectivity index (χ0) is 13.8. The van der Waals surface area contributed by atoms with E-state index in [4.69, 9.17) is 17.3 Å². The van der Waals surface area contributed by atoms with E-state index in [1.165, 1.54) is 12.1 Å². The number of hydrogen-bond donors (Lipinski definition) is 2. The zero-order valence-electron chi connectivity index (χ0n) is 10.3. The third-order valence-electron chi connectivity index (χ3n) is 2.61. The molecule has 1 unspecified atom stereocenters. The molecule has 0 radical (unpaired) electrons. The molecule has 1 aromatic carbocycles. The summed E-state index contributed by atoms with van der Waals surface area (Å²) < 4.78 is 0. The zero-order valence-corrected chi connectivity index (χ0v) is 11.1. The third-order valence-corrected chi connectivity index (χ3v) is 2.85. The third kappa shape index (κ3) is 3.42. The number of hydrogen-bond acceptors (Lipinski definition) is 4. The van der Waals surface area contributed by atoms with Crippen molar-refractivity contribution in [3.63, 3.8) is 0 Å². The molecule has 0 spiro atoms. The molecule has 3 N–H and O–H groups in total. The first-order valence-corrected chi connectivity index (χ1v) is 6.09. The Hall–Kier alpha value is -2.14. The topological polar surface area (TPSA) is 80.9 Å². The van der Waals surface area contributed by atoms with Gasteiger partial charge in [0.1, 0.15) is 5.82 Å². The van der Waals surface area contributed by atoms with Crippen LogP contribution in [0.25, 0.3) is 0 Å². The van der Waals surface area contributed by atoms with Gasteiger partial charge in [-0.2, -0.15) is 0 Å². The molecule has 0 saturated heterocycles. The van der Waals surface area contributed by atoms with Crippen molar-refractivity contribution in [2.24, 2.45) is 0 Å². The molecule has 98 valence electrons. The van der Waals surface area contributed by atoms with Crippen molar-refractivity contribution in [2.45, 2.75) is 13.0 Å². The number of nitrogens with one attached hydrogen (secondary N) is 1. The van der Waals surface area contributed by atoms with Gasteiger partial charge in [-0.3, -0.25) is 4.79 Å². The van der Waals surface area contributed by atoms with Crippen molar-refractivity contribution in [1.29, 1.82) is 0 Å². The summed E-state index contributed by atoms with van der Waals surface area (Å²) in [5.74, 6) is -0.0283. The highest BCUT2D eigenvalue weighted by atomic mass is 35.5. The Balaban J connectivity index is 2.08. The summed E-state index contributed by atoms with van der Waals surface area (Å²) in [6.45, 7) is 1.87. The second-order valence-corrected chi connectivity index (χ2v) is 4.53. The molecule has 0 bridgehead atoms. The predicted molar refractivity (Wildman–Crippen MR) is 73.8 cm³/mol. The molecule has 0 aliphatic carbocycles. The molecule has 0 fully saturated rings. The molecule has 6 heteroatoms. The fourth-order valence-electron chi connectivity index (χ4n) is 1.59. The summed E-state index contributed by atoms with van der Waals surface area (Å²) >= 11 is 5.91. The Kier molecular flexibility index (Phi) is 3.97. The van der Waals surface area contributed by atoms with Gasteiger partial charge in [0.25, 0.3) is 5.91 Å². The minimum absolute atomic E-state index is 0.175. The molecule has 2 aromatic rings. The first-order chi connectivity index (χ1) is 9.06. The lowest BCUT2D eigenvalue weighted by atomic mass is 10.1. The predicted octanol–water partition coefficient (Wildman–Crippen LogP) is 2.20. The average molecular weight is 277 g/mol. The summed E-state index contributed by atoms with van der Waals surface area (Å²) in [5.41, 5.74) is 6.56. The van der Waals surface area contributed by atoms with E-state index in [1.807, 2.05) is 19.1 Å². The number of carbonyl (C=O) groups is 1. The van der Waals surface area contributed by atoms with Gasteiger partial charge >= 0.3 is 0 Å². The number of aromatic nitrogens is 2. The summed E-state index contributed by atoms with van der Waals surface area (Å²) in [6, 6.07) is 10.2. The molecule has 1 atom stereocenters. The van der Waals surface area contributed by atoms with Crippen LogP contribution in [-0.4, -0.2) is 16.1 Å². The number of amides is 1. The van der Waals surface area contributed by atoms with Gasteiger partial charge in [-0.1, -0.05) is 23.7 Å². The van der Waals surface area contributed by atoms with Crippen molar-refractivity contribution < 1.29 is 4.79 Å². The molecule has 1 aromatic heterocycles. The maximum atomic E-state index is 11.9. The van der Waals surface area contributed by atoms with Crippen LogP contribution in [0.3, 0.4) is 0 Å². The van der Waals surface area contributed by atoms with Gasteiger partial charge in [0.05, 0.1) is 6.04 Å². The summed E-state index contributed by atoms with van der Waals surface area (Å²) in [4.78, 5) is 11.9. The fraction of sp³-hybridized carbons (Fsp3) is 0.154. The van der Waals surface area contributed by atoms with Crippen molar-refractivity contribution >= 4 is 23.3 Å². The SMILES string of the molecule is CC(NC(=O)c1ccc(N)nn1)c1cccc(Cl)c1. The van der Waals surface area contributed by atoms with Gasteiger partial charge in [-0.05, 0) is 36.8 Å². The number of benzene rings is 1. The van der Waals surface area contributed by atoms with Gasteiger partial charge in [-0.15, -0.1) is 10.2 Å². The Bertz CT molecular complexity index is 585. The largest absolute Gasteiger partial charge is 0.382 e. The number of nitrogens with two attached hydrogens (primary N) is 1. The Labute approximate surface area is 115 Å². The smallest absolute Gasteiger partial charge is 0.272 e. The molecule has 0 aliphatic rings. The lowest BCUT2D eigenvalue weighted by Gasteiger charge is -2.14. The normalized spacial score (nSPS) is 11.9. The Morgan fingerprint density at radius 3 is 2.74 bits per heavy atom. The van der Waals surface area contributed by atoms with Gasteiger partial charge in [-0.25, -0.2) is 0 Å². The number of carbonyl (C=O) groups excluding carboxylic acids is 1. The molecule has 1 heterocycles. The first-order valence-electron chi connectivity index (χ1n) is 5.72. The van der Waals surface area contributed by atoms with E-state index < -0.39 is 0 Å². The molecule has 2 rings (SSSR count). The summed E-state index contributed by atoms with van der Waals surface area (Å²) in [7, 11) is 0. The minimum Gasteiger partial charge on any atom is -0.382 e. The van der Waals surface area contributed by atoms with Gasteiger partial charge < -0.3 is 11.1 Å². The molecule has 0 aliphatic heterocycles. The van der Waals surface area contributed by atoms with E-state index in [9.17, 15) is 4.79 Å². The van der Waals surface area contributed by atoms with E-state index >= 15 is 0 Å². The van der Waals surface area contributed by atoms with Crippen LogP contribution in [0.4, 0.5) is 5.82 Å². The van der Waals surface area contributed by atoms with E-state index in [-0.39, 0.29) is 23.5 Å². The minimum atomic E-state index is -0.306. The fourth-order valence-corrected chi connectivity index (χ4v) is 1.79. The van der Waals surface area contributed by atoms with Crippen molar-refractivity contribution in [1.82, 2.24) is 15.5 Å². The molecular weight excluding hydrogens is 264 g/mol. The van der Waals surface area contributed by atoms with Crippen molar-refractivity contribution in [3.05, 3.63) is 52.7 Å². The molecule has 1 amide bonds. The van der Waals surface area contributed by atoms with Gasteiger partial charge in [0.15, 0.2) is 5.69 Å². The number of anilines is 1. The van der Waals surface area contributed by atoms with Crippen LogP contribution in [0.2, 0.25) is 5.02 Å². The van der Waals surface area contributed by atoms with Crippen molar-refractivity contribution in [2.75, 3.05) is 5.73 Å². The summed E-state index contributed by atoms with van der Waals surface area (Å²) in [5, 5.41) is 10.8. The molecule has 5 nitrogen and oxygen atoms in total. The van der Waals surface area contributed by atoms with E-state index in [0.717, 1.165) is 5.56 Å². The first kappa shape index (κ1) is 13.3. The van der Waals surface area contributed by atoms with Crippen LogP contribution < -0.4 is 11.1 Å². The van der Waals surface area contributed by atoms with E-state index in [0.29, 0.717) is 5.02 Å². The number of nitrogen functional groups attached to an aromatic ring is 1. The second kappa shape index (κ2) is 5.67. The maximum Gasteiger partial charge on any atom is 0.272 e. The molecule has 19 heavy (non-hydrogen) atoms. The Morgan fingerprint density at radius 2 is 2.11 bits per heavy atom. The van der Waals surface area contributed by atoms with E-state index in [1.54, 1.807) is 12.1 Å². The lowest BCUT2D eigenvalue weighted by Crippen LogP contribution is -2.27. The number of rotatable bonds is 3. The van der Waals surface area contributed by atoms with Crippen LogP contribution in [0.15, 0.2) is 36.4 Å². The van der Waals surface area contributed by atoms with Gasteiger partial charge in [0, 0.05) is 5.02 Å². The average Bonchev–Trinajstić information content (AvgIpc) is 2.39. The number of nitrogens with zero attached hydrogens (tertiary/aromatic N) is 2. The second-order valence-electron chi connectivity index (χ2n) is 4.09. The standard InChI is InChI=1S/C13H13ClN4O/c1-8(9-3-2-4-10(14)7-9)16-13(19)11-5-6-12(15)18-17-11/h2-8H,1H3,(H2,15,18)(H,16,19). The summed E-state index contributed by atoms with van der Waals surface area (Å²) in [6.07, 6.45) is 0. The monoisotopic (exact) mass is 276 g/mol. The van der Waals surface area contributed by atoms with E-state index in [2.05, 4.69) is 15.5 Å². The highest BCUT2D eigenvalue weighted by molar-refractivity contribution is 6.30. The van der Waals surface area contributed by atoms with Gasteiger partial charge in [0.2, 0.25) is 0 Å². The maximum absolute atomic E-state index is 11.9. The van der Waals surface area contributed by atoms with Crippen molar-refractivity contribution in [3.8, 4) is 0 Å². The number of halogens is 1. The van der Waals surface area contributed by atoms with Crippen LogP contribution in [0, 0.1) is 0 Å². The van der Waals surface area contributed by atoms with Crippen LogP contribution in [0.5, 0.6) is 0 Å². The highest BCUT2D eigenvalue weighted by Gasteiger charge is 2.13. The lowest BCUT2D eigenvalue weighted by molar-refractivity contribution is 0.0934. The van der Waals surface area contributed by atoms with Crippen LogP contribution in [0.1, 0.15) is 29.0 Å². The van der Waals surface area contributed by atoms with Crippen LogP contribution >= 0.6 is 11.6 Å².